The third-order valence-electron chi connectivity index (χ3n) is 1.45. The number of ketones is 1. The molecular formula is C8H11NO3. The van der Waals surface area contributed by atoms with Crippen LogP contribution < -0.4 is 5.73 Å². The lowest BCUT2D eigenvalue weighted by Gasteiger charge is -2.05. The largest absolute Gasteiger partial charge is 0.461 e. The number of nitrogens with two attached hydrogens (primary N) is 1. The van der Waals surface area contributed by atoms with Gasteiger partial charge in [-0.2, -0.15) is 0 Å². The Morgan fingerprint density at radius 3 is 3.08 bits per heavy atom. The molecule has 1 aromatic rings. The topological polar surface area (TPSA) is 65.5 Å². The zero-order valence-corrected chi connectivity index (χ0v) is 6.82. The van der Waals surface area contributed by atoms with Gasteiger partial charge in [0.15, 0.2) is 5.76 Å². The molecule has 0 aliphatic rings. The summed E-state index contributed by atoms with van der Waals surface area (Å²) in [6.45, 7) is 0.208. The molecule has 1 aromatic heterocycles. The molecule has 66 valence electrons. The van der Waals surface area contributed by atoms with Crippen LogP contribution in [0.25, 0.3) is 0 Å². The minimum absolute atomic E-state index is 0.208. The molecule has 0 saturated heterocycles. The monoisotopic (exact) mass is 169 g/mol. The van der Waals surface area contributed by atoms with E-state index in [2.05, 4.69) is 0 Å². The van der Waals surface area contributed by atoms with Crippen molar-refractivity contribution in [1.82, 2.24) is 0 Å². The van der Waals surface area contributed by atoms with Crippen molar-refractivity contribution in [3.8, 4) is 0 Å². The Morgan fingerprint density at radius 1 is 1.83 bits per heavy atom. The van der Waals surface area contributed by atoms with Crippen LogP contribution >= 0.6 is 0 Å². The Labute approximate surface area is 70.3 Å². The first-order chi connectivity index (χ1) is 5.75. The number of methoxy groups -OCH3 is 1. The molecule has 0 aliphatic heterocycles. The molecule has 0 bridgehead atoms. The van der Waals surface area contributed by atoms with E-state index in [1.54, 1.807) is 12.1 Å². The number of furan rings is 1. The van der Waals surface area contributed by atoms with Crippen molar-refractivity contribution in [2.75, 3.05) is 13.7 Å². The quantitative estimate of drug-likeness (QED) is 0.664. The molecule has 4 heteroatoms. The van der Waals surface area contributed by atoms with E-state index in [1.165, 1.54) is 13.4 Å². The lowest BCUT2D eigenvalue weighted by atomic mass is 10.2. The van der Waals surface area contributed by atoms with Gasteiger partial charge in [0.25, 0.3) is 0 Å². The molecule has 0 fully saturated rings. The maximum Gasteiger partial charge on any atom is 0.216 e. The van der Waals surface area contributed by atoms with Crippen LogP contribution in [0.15, 0.2) is 22.8 Å². The van der Waals surface area contributed by atoms with E-state index in [-0.39, 0.29) is 18.2 Å². The highest BCUT2D eigenvalue weighted by Crippen LogP contribution is 2.03. The summed E-state index contributed by atoms with van der Waals surface area (Å²) in [5, 5.41) is 0. The lowest BCUT2D eigenvalue weighted by Crippen LogP contribution is -2.34. The van der Waals surface area contributed by atoms with Crippen LogP contribution in [0.5, 0.6) is 0 Å². The third kappa shape index (κ3) is 1.93. The zero-order valence-electron chi connectivity index (χ0n) is 6.82. The Hall–Kier alpha value is -1.13. The molecule has 12 heavy (non-hydrogen) atoms. The average molecular weight is 169 g/mol. The summed E-state index contributed by atoms with van der Waals surface area (Å²) in [6, 6.07) is 2.59. The smallest absolute Gasteiger partial charge is 0.216 e. The molecule has 1 rings (SSSR count). The van der Waals surface area contributed by atoms with Gasteiger partial charge in [-0.25, -0.2) is 0 Å². The Balaban J connectivity index is 2.59. The number of Topliss-reactive ketones (excluding diaryl/α,β-unsaturated/α-hetero) is 1. The minimum atomic E-state index is -0.638. The second-order valence-electron chi connectivity index (χ2n) is 2.40. The molecule has 0 spiro atoms. The predicted molar refractivity (Wildman–Crippen MR) is 42.9 cm³/mol. The van der Waals surface area contributed by atoms with Crippen molar-refractivity contribution < 1.29 is 13.9 Å². The van der Waals surface area contributed by atoms with E-state index in [1.807, 2.05) is 0 Å². The minimum Gasteiger partial charge on any atom is -0.461 e. The fraction of sp³-hybridized carbons (Fsp3) is 0.375. The number of hydrogen-bond acceptors (Lipinski definition) is 4. The van der Waals surface area contributed by atoms with Gasteiger partial charge in [-0.1, -0.05) is 0 Å². The van der Waals surface area contributed by atoms with Gasteiger partial charge in [-0.05, 0) is 12.1 Å². The van der Waals surface area contributed by atoms with Gasteiger partial charge in [-0.3, -0.25) is 4.79 Å². The maximum atomic E-state index is 11.3. The fourth-order valence-corrected chi connectivity index (χ4v) is 0.857. The lowest BCUT2D eigenvalue weighted by molar-refractivity contribution is 0.0865. The number of ether oxygens (including phenoxy) is 1. The van der Waals surface area contributed by atoms with E-state index in [0.29, 0.717) is 0 Å². The van der Waals surface area contributed by atoms with Crippen LogP contribution in [0.3, 0.4) is 0 Å². The molecule has 4 nitrogen and oxygen atoms in total. The molecule has 0 radical (unpaired) electrons. The summed E-state index contributed by atoms with van der Waals surface area (Å²) < 4.78 is 9.61. The molecule has 0 saturated carbocycles. The molecule has 0 aromatic carbocycles. The highest BCUT2D eigenvalue weighted by atomic mass is 16.5. The molecule has 1 heterocycles. The van der Waals surface area contributed by atoms with Crippen molar-refractivity contribution in [1.29, 1.82) is 0 Å². The first-order valence-corrected chi connectivity index (χ1v) is 3.58. The van der Waals surface area contributed by atoms with Gasteiger partial charge in [0.1, 0.15) is 0 Å². The summed E-state index contributed by atoms with van der Waals surface area (Å²) in [5.41, 5.74) is 5.48. The van der Waals surface area contributed by atoms with Crippen molar-refractivity contribution in [2.45, 2.75) is 6.04 Å². The number of hydrogen-bond donors (Lipinski definition) is 1. The first-order valence-electron chi connectivity index (χ1n) is 3.58. The van der Waals surface area contributed by atoms with Gasteiger partial charge in [0.05, 0.1) is 18.9 Å². The van der Waals surface area contributed by atoms with Gasteiger partial charge >= 0.3 is 0 Å². The van der Waals surface area contributed by atoms with E-state index in [9.17, 15) is 4.79 Å². The van der Waals surface area contributed by atoms with Crippen LogP contribution in [-0.2, 0) is 4.74 Å². The predicted octanol–water partition coefficient (Wildman–Crippen LogP) is 0.436. The van der Waals surface area contributed by atoms with Crippen LogP contribution in [0, 0.1) is 0 Å². The summed E-state index contributed by atoms with van der Waals surface area (Å²) in [6.07, 6.45) is 1.44. The van der Waals surface area contributed by atoms with Crippen molar-refractivity contribution in [2.24, 2.45) is 5.73 Å². The zero-order chi connectivity index (χ0) is 8.97. The second-order valence-corrected chi connectivity index (χ2v) is 2.40. The Kier molecular flexibility index (Phi) is 3.01. The van der Waals surface area contributed by atoms with Gasteiger partial charge in [0.2, 0.25) is 5.78 Å². The van der Waals surface area contributed by atoms with Crippen LogP contribution in [0.1, 0.15) is 10.6 Å². The highest BCUT2D eigenvalue weighted by molar-refractivity contribution is 5.97. The van der Waals surface area contributed by atoms with Crippen LogP contribution in [0.4, 0.5) is 0 Å². The standard InChI is InChI=1S/C8H11NO3/c1-11-5-6(9)8(10)7-3-2-4-12-7/h2-4,6H,5,9H2,1H3. The van der Waals surface area contributed by atoms with Crippen molar-refractivity contribution in [3.63, 3.8) is 0 Å². The highest BCUT2D eigenvalue weighted by Gasteiger charge is 2.17. The van der Waals surface area contributed by atoms with Gasteiger partial charge < -0.3 is 14.9 Å². The summed E-state index contributed by atoms with van der Waals surface area (Å²) >= 11 is 0. The van der Waals surface area contributed by atoms with Gasteiger partial charge in [0, 0.05) is 7.11 Å². The van der Waals surface area contributed by atoms with E-state index < -0.39 is 6.04 Å². The van der Waals surface area contributed by atoms with E-state index in [4.69, 9.17) is 14.9 Å². The number of carbonyl (C=O) groups is 1. The Morgan fingerprint density at radius 2 is 2.58 bits per heavy atom. The average Bonchev–Trinajstić information content (AvgIpc) is 2.55. The summed E-state index contributed by atoms with van der Waals surface area (Å²) in [7, 11) is 1.50. The Bertz CT molecular complexity index is 243. The fourth-order valence-electron chi connectivity index (χ4n) is 0.857. The molecule has 1 atom stereocenters. The van der Waals surface area contributed by atoms with E-state index >= 15 is 0 Å². The SMILES string of the molecule is COCC(N)C(=O)c1ccco1. The normalized spacial score (nSPS) is 12.8. The summed E-state index contributed by atoms with van der Waals surface area (Å²) in [4.78, 5) is 11.3. The number of carbonyl (C=O) groups excluding carboxylic acids is 1. The van der Waals surface area contributed by atoms with Crippen LogP contribution in [0.2, 0.25) is 0 Å². The molecule has 1 unspecified atom stereocenters. The van der Waals surface area contributed by atoms with Gasteiger partial charge in [-0.15, -0.1) is 0 Å². The molecule has 0 aliphatic carbocycles. The molecule has 2 N–H and O–H groups in total. The van der Waals surface area contributed by atoms with E-state index in [0.717, 1.165) is 0 Å². The van der Waals surface area contributed by atoms with Crippen molar-refractivity contribution >= 4 is 5.78 Å². The summed E-state index contributed by atoms with van der Waals surface area (Å²) in [5.74, 6) is 0.0430. The maximum absolute atomic E-state index is 11.3. The first kappa shape index (κ1) is 8.96. The molecular weight excluding hydrogens is 158 g/mol. The third-order valence-corrected chi connectivity index (χ3v) is 1.45. The van der Waals surface area contributed by atoms with Crippen LogP contribution in [-0.4, -0.2) is 25.5 Å². The molecule has 0 amide bonds. The second kappa shape index (κ2) is 4.04. The van der Waals surface area contributed by atoms with Crippen molar-refractivity contribution in [3.05, 3.63) is 24.2 Å². The number of rotatable bonds is 4.